The Morgan fingerprint density at radius 1 is 1.10 bits per heavy atom. The molecule has 1 amide bonds. The summed E-state index contributed by atoms with van der Waals surface area (Å²) in [5, 5.41) is 9.05. The molecule has 108 valence electrons. The topological polar surface area (TPSA) is 57.6 Å². The van der Waals surface area contributed by atoms with Gasteiger partial charge in [-0.3, -0.25) is 14.5 Å². The Kier molecular flexibility index (Phi) is 4.65. The molecule has 5 heteroatoms. The van der Waals surface area contributed by atoms with Crippen molar-refractivity contribution < 1.29 is 14.7 Å². The third-order valence-corrected chi connectivity index (χ3v) is 3.41. The number of rotatable bonds is 4. The van der Waals surface area contributed by atoms with Crippen LogP contribution in [0.25, 0.3) is 0 Å². The number of hydrogen-bond donors (Lipinski definition) is 2. The molecule has 0 saturated heterocycles. The maximum atomic E-state index is 12.6. The summed E-state index contributed by atoms with van der Waals surface area (Å²) in [6, 6.07) is 14.0. The fourth-order valence-electron chi connectivity index (χ4n) is 1.94. The number of benzene rings is 2. The van der Waals surface area contributed by atoms with Gasteiger partial charge in [0.1, 0.15) is 6.54 Å². The lowest BCUT2D eigenvalue weighted by Gasteiger charge is -2.21. The predicted octanol–water partition coefficient (Wildman–Crippen LogP) is 3.02. The number of aryl methyl sites for hydroxylation is 1. The first-order valence-corrected chi connectivity index (χ1v) is 6.82. The van der Waals surface area contributed by atoms with Crippen molar-refractivity contribution in [2.24, 2.45) is 0 Å². The third-order valence-electron chi connectivity index (χ3n) is 3.02. The molecule has 0 radical (unpaired) electrons. The monoisotopic (exact) mass is 301 g/mol. The van der Waals surface area contributed by atoms with Gasteiger partial charge in [0.15, 0.2) is 0 Å². The van der Waals surface area contributed by atoms with Crippen LogP contribution in [0.1, 0.15) is 15.9 Å². The Hall–Kier alpha value is -2.27. The van der Waals surface area contributed by atoms with Crippen molar-refractivity contribution in [3.05, 3.63) is 59.7 Å². The molecule has 2 aromatic carbocycles. The highest BCUT2D eigenvalue weighted by Crippen LogP contribution is 2.21. The van der Waals surface area contributed by atoms with Crippen molar-refractivity contribution in [1.82, 2.24) is 0 Å². The highest BCUT2D eigenvalue weighted by Gasteiger charge is 2.21. The highest BCUT2D eigenvalue weighted by atomic mass is 32.1. The van der Waals surface area contributed by atoms with Crippen LogP contribution >= 0.6 is 12.6 Å². The van der Waals surface area contributed by atoms with Crippen LogP contribution < -0.4 is 4.90 Å². The molecule has 0 fully saturated rings. The number of amides is 1. The number of carbonyl (C=O) groups excluding carboxylic acids is 1. The van der Waals surface area contributed by atoms with Gasteiger partial charge in [0.2, 0.25) is 0 Å². The Morgan fingerprint density at radius 3 is 2.29 bits per heavy atom. The van der Waals surface area contributed by atoms with E-state index < -0.39 is 12.5 Å². The zero-order valence-corrected chi connectivity index (χ0v) is 12.4. The highest BCUT2D eigenvalue weighted by molar-refractivity contribution is 7.80. The molecule has 2 rings (SSSR count). The van der Waals surface area contributed by atoms with Crippen LogP contribution in [0.15, 0.2) is 53.4 Å². The van der Waals surface area contributed by atoms with Gasteiger partial charge >= 0.3 is 5.97 Å². The summed E-state index contributed by atoms with van der Waals surface area (Å²) in [7, 11) is 0. The molecule has 0 saturated carbocycles. The summed E-state index contributed by atoms with van der Waals surface area (Å²) in [5.41, 5.74) is 1.96. The number of hydrogen-bond acceptors (Lipinski definition) is 3. The van der Waals surface area contributed by atoms with E-state index in [0.29, 0.717) is 16.1 Å². The summed E-state index contributed by atoms with van der Waals surface area (Å²) >= 11 is 4.26. The van der Waals surface area contributed by atoms with E-state index in [2.05, 4.69) is 12.6 Å². The van der Waals surface area contributed by atoms with Gasteiger partial charge in [-0.2, -0.15) is 0 Å². The maximum absolute atomic E-state index is 12.6. The largest absolute Gasteiger partial charge is 0.480 e. The lowest BCUT2D eigenvalue weighted by molar-refractivity contribution is -0.135. The molecule has 21 heavy (non-hydrogen) atoms. The van der Waals surface area contributed by atoms with E-state index in [-0.39, 0.29) is 5.91 Å². The van der Waals surface area contributed by atoms with Crippen molar-refractivity contribution in [1.29, 1.82) is 0 Å². The minimum Gasteiger partial charge on any atom is -0.480 e. The summed E-state index contributed by atoms with van der Waals surface area (Å²) in [6.45, 7) is 1.53. The number of aliphatic carboxylic acids is 1. The average Bonchev–Trinajstić information content (AvgIpc) is 2.45. The van der Waals surface area contributed by atoms with Crippen LogP contribution in [0.3, 0.4) is 0 Å². The average molecular weight is 301 g/mol. The first kappa shape index (κ1) is 15.1. The van der Waals surface area contributed by atoms with Crippen molar-refractivity contribution in [2.75, 3.05) is 11.4 Å². The van der Waals surface area contributed by atoms with Gasteiger partial charge in [-0.15, -0.1) is 12.6 Å². The standard InChI is InChI=1S/C16H15NO3S/c1-11-6-8-12(9-7-11)17(10-15(18)19)16(20)13-4-2-3-5-14(13)21/h2-9,21H,10H2,1H3,(H,18,19). The molecule has 0 aliphatic heterocycles. The summed E-state index contributed by atoms with van der Waals surface area (Å²) in [4.78, 5) is 25.4. The third kappa shape index (κ3) is 3.64. The van der Waals surface area contributed by atoms with Crippen LogP contribution in [0, 0.1) is 6.92 Å². The van der Waals surface area contributed by atoms with E-state index in [4.69, 9.17) is 5.11 Å². The van der Waals surface area contributed by atoms with Gasteiger partial charge in [-0.25, -0.2) is 0 Å². The zero-order valence-electron chi connectivity index (χ0n) is 11.5. The molecule has 0 spiro atoms. The second-order valence-electron chi connectivity index (χ2n) is 4.64. The molecule has 0 bridgehead atoms. The smallest absolute Gasteiger partial charge is 0.323 e. The second kappa shape index (κ2) is 6.45. The molecule has 2 aromatic rings. The molecule has 0 atom stereocenters. The number of nitrogens with zero attached hydrogens (tertiary/aromatic N) is 1. The molecule has 4 nitrogen and oxygen atoms in total. The van der Waals surface area contributed by atoms with Gasteiger partial charge in [0.25, 0.3) is 5.91 Å². The van der Waals surface area contributed by atoms with Gasteiger partial charge in [-0.05, 0) is 31.2 Å². The first-order valence-electron chi connectivity index (χ1n) is 6.37. The van der Waals surface area contributed by atoms with E-state index in [1.165, 1.54) is 4.90 Å². The number of carboxylic acids is 1. The van der Waals surface area contributed by atoms with Crippen LogP contribution in [0.2, 0.25) is 0 Å². The SMILES string of the molecule is Cc1ccc(N(CC(=O)O)C(=O)c2ccccc2S)cc1. The van der Waals surface area contributed by atoms with Crippen molar-refractivity contribution in [3.8, 4) is 0 Å². The Bertz CT molecular complexity index is 667. The van der Waals surface area contributed by atoms with E-state index in [9.17, 15) is 9.59 Å². The van der Waals surface area contributed by atoms with E-state index >= 15 is 0 Å². The molecule has 0 aromatic heterocycles. The van der Waals surface area contributed by atoms with Gasteiger partial charge < -0.3 is 5.11 Å². The minimum absolute atomic E-state index is 0.377. The Morgan fingerprint density at radius 2 is 1.71 bits per heavy atom. The fraction of sp³-hybridized carbons (Fsp3) is 0.125. The Labute approximate surface area is 128 Å². The summed E-state index contributed by atoms with van der Waals surface area (Å²) in [5.74, 6) is -1.45. The molecular weight excluding hydrogens is 286 g/mol. The molecule has 0 heterocycles. The molecular formula is C16H15NO3S. The predicted molar refractivity (Wildman–Crippen MR) is 84.2 cm³/mol. The summed E-state index contributed by atoms with van der Waals surface area (Å²) < 4.78 is 0. The molecule has 0 unspecified atom stereocenters. The second-order valence-corrected chi connectivity index (χ2v) is 5.12. The van der Waals surface area contributed by atoms with Crippen molar-refractivity contribution in [2.45, 2.75) is 11.8 Å². The number of anilines is 1. The number of thiol groups is 1. The lowest BCUT2D eigenvalue weighted by atomic mass is 10.1. The number of carbonyl (C=O) groups is 2. The van der Waals surface area contributed by atoms with Gasteiger partial charge in [0.05, 0.1) is 5.56 Å². The normalized spacial score (nSPS) is 10.2. The van der Waals surface area contributed by atoms with Crippen LogP contribution in [-0.4, -0.2) is 23.5 Å². The fourth-order valence-corrected chi connectivity index (χ4v) is 2.20. The van der Waals surface area contributed by atoms with E-state index in [1.807, 2.05) is 19.1 Å². The first-order chi connectivity index (χ1) is 9.99. The van der Waals surface area contributed by atoms with Gasteiger partial charge in [0, 0.05) is 10.6 Å². The maximum Gasteiger partial charge on any atom is 0.323 e. The summed E-state index contributed by atoms with van der Waals surface area (Å²) in [6.07, 6.45) is 0. The molecule has 0 aliphatic rings. The lowest BCUT2D eigenvalue weighted by Crippen LogP contribution is -2.35. The molecule has 0 aliphatic carbocycles. The van der Waals surface area contributed by atoms with E-state index in [0.717, 1.165) is 5.56 Å². The quantitative estimate of drug-likeness (QED) is 0.854. The van der Waals surface area contributed by atoms with Crippen molar-refractivity contribution in [3.63, 3.8) is 0 Å². The van der Waals surface area contributed by atoms with Crippen LogP contribution in [-0.2, 0) is 4.79 Å². The van der Waals surface area contributed by atoms with E-state index in [1.54, 1.807) is 36.4 Å². The van der Waals surface area contributed by atoms with Crippen LogP contribution in [0.4, 0.5) is 5.69 Å². The Balaban J connectivity index is 2.40. The van der Waals surface area contributed by atoms with Crippen molar-refractivity contribution >= 4 is 30.2 Å². The molecule has 1 N–H and O–H groups in total. The minimum atomic E-state index is -1.07. The zero-order chi connectivity index (χ0) is 15.4. The number of carboxylic acid groups (broad SMARTS) is 1. The van der Waals surface area contributed by atoms with Crippen LogP contribution in [0.5, 0.6) is 0 Å². The van der Waals surface area contributed by atoms with Gasteiger partial charge in [-0.1, -0.05) is 29.8 Å².